The fraction of sp³-hybridized carbons (Fsp3) is 0.136. The van der Waals surface area contributed by atoms with Crippen LogP contribution in [0.4, 0.5) is 11.4 Å². The first-order valence-electron chi connectivity index (χ1n) is 8.89. The minimum absolute atomic E-state index is 0.0350. The Labute approximate surface area is 167 Å². The number of benzene rings is 2. The summed E-state index contributed by atoms with van der Waals surface area (Å²) in [5.41, 5.74) is 2.16. The first kappa shape index (κ1) is 19.9. The highest BCUT2D eigenvalue weighted by atomic mass is 16.5. The van der Waals surface area contributed by atoms with Gasteiger partial charge in [0.1, 0.15) is 5.75 Å². The topological polar surface area (TPSA) is 97.6 Å². The van der Waals surface area contributed by atoms with E-state index in [4.69, 9.17) is 9.15 Å². The lowest BCUT2D eigenvalue weighted by Crippen LogP contribution is -2.16. The monoisotopic (exact) mass is 392 g/mol. The van der Waals surface area contributed by atoms with E-state index in [-0.39, 0.29) is 29.8 Å². The van der Waals surface area contributed by atoms with Gasteiger partial charge in [-0.2, -0.15) is 0 Å². The van der Waals surface area contributed by atoms with Crippen LogP contribution in [-0.2, 0) is 11.2 Å². The van der Waals surface area contributed by atoms with E-state index in [1.54, 1.807) is 54.6 Å². The van der Waals surface area contributed by atoms with Gasteiger partial charge in [-0.05, 0) is 55.5 Å². The predicted octanol–water partition coefficient (Wildman–Crippen LogP) is 3.92. The summed E-state index contributed by atoms with van der Waals surface area (Å²) in [6.45, 7) is 1.47. The lowest BCUT2D eigenvalue weighted by Gasteiger charge is -2.11. The van der Waals surface area contributed by atoms with Gasteiger partial charge in [0.05, 0.1) is 19.8 Å². The molecule has 0 fully saturated rings. The van der Waals surface area contributed by atoms with Crippen molar-refractivity contribution < 1.29 is 23.5 Å². The number of carbonyl (C=O) groups excluding carboxylic acids is 3. The number of carbonyl (C=O) groups is 3. The Bertz CT molecular complexity index is 1040. The Kier molecular flexibility index (Phi) is 6.09. The van der Waals surface area contributed by atoms with Crippen LogP contribution in [0.15, 0.2) is 65.3 Å². The number of ketones is 1. The van der Waals surface area contributed by atoms with E-state index < -0.39 is 0 Å². The molecule has 0 radical (unpaired) electrons. The van der Waals surface area contributed by atoms with Crippen molar-refractivity contribution in [2.45, 2.75) is 13.3 Å². The first-order chi connectivity index (χ1) is 14.0. The molecule has 2 amide bonds. The summed E-state index contributed by atoms with van der Waals surface area (Å²) in [5, 5.41) is 5.49. The minimum Gasteiger partial charge on any atom is -0.496 e. The number of furan rings is 1. The van der Waals surface area contributed by atoms with Crippen molar-refractivity contribution in [2.24, 2.45) is 0 Å². The van der Waals surface area contributed by atoms with Crippen molar-refractivity contribution in [1.82, 2.24) is 0 Å². The molecule has 7 heteroatoms. The summed E-state index contributed by atoms with van der Waals surface area (Å²) >= 11 is 0. The van der Waals surface area contributed by atoms with Gasteiger partial charge in [0.25, 0.3) is 5.91 Å². The van der Waals surface area contributed by atoms with Gasteiger partial charge in [-0.3, -0.25) is 14.4 Å². The van der Waals surface area contributed by atoms with Gasteiger partial charge >= 0.3 is 0 Å². The second-order valence-electron chi connectivity index (χ2n) is 6.32. The SMILES string of the molecule is COc1ccc(C(C)=O)cc1CC(=O)Nc1cccc(NC(=O)c2ccco2)c1. The van der Waals surface area contributed by atoms with Gasteiger partial charge in [0, 0.05) is 22.5 Å². The number of amides is 2. The molecule has 0 aliphatic carbocycles. The molecule has 0 spiro atoms. The normalized spacial score (nSPS) is 10.3. The standard InChI is InChI=1S/C22H20N2O5/c1-14(25)15-8-9-19(28-2)16(11-15)12-21(26)23-17-5-3-6-18(13-17)24-22(27)20-7-4-10-29-20/h3-11,13H,12H2,1-2H3,(H,23,26)(H,24,27). The maximum atomic E-state index is 12.5. The number of Topliss-reactive ketones (excluding diaryl/α,β-unsaturated/α-hetero) is 1. The highest BCUT2D eigenvalue weighted by molar-refractivity contribution is 6.03. The number of anilines is 2. The summed E-state index contributed by atoms with van der Waals surface area (Å²) in [6.07, 6.45) is 1.45. The molecular formula is C22H20N2O5. The van der Waals surface area contributed by atoms with Crippen molar-refractivity contribution in [3.63, 3.8) is 0 Å². The van der Waals surface area contributed by atoms with Crippen molar-refractivity contribution in [3.8, 4) is 5.75 Å². The Morgan fingerprint density at radius 3 is 2.38 bits per heavy atom. The fourth-order valence-corrected chi connectivity index (χ4v) is 2.79. The second-order valence-corrected chi connectivity index (χ2v) is 6.32. The van der Waals surface area contributed by atoms with Crippen LogP contribution in [0.2, 0.25) is 0 Å². The summed E-state index contributed by atoms with van der Waals surface area (Å²) in [7, 11) is 1.51. The zero-order valence-electron chi connectivity index (χ0n) is 16.0. The van der Waals surface area contributed by atoms with Crippen molar-refractivity contribution >= 4 is 29.0 Å². The molecule has 0 unspecified atom stereocenters. The van der Waals surface area contributed by atoms with Crippen LogP contribution in [0.5, 0.6) is 5.75 Å². The van der Waals surface area contributed by atoms with E-state index >= 15 is 0 Å². The molecule has 1 heterocycles. The molecule has 3 aromatic rings. The van der Waals surface area contributed by atoms with Crippen molar-refractivity contribution in [1.29, 1.82) is 0 Å². The number of hydrogen-bond donors (Lipinski definition) is 2. The van der Waals surface area contributed by atoms with E-state index in [9.17, 15) is 14.4 Å². The van der Waals surface area contributed by atoms with Crippen molar-refractivity contribution in [3.05, 3.63) is 77.7 Å². The quantitative estimate of drug-likeness (QED) is 0.594. The number of methoxy groups -OCH3 is 1. The summed E-state index contributed by atoms with van der Waals surface area (Å²) in [6, 6.07) is 14.9. The van der Waals surface area contributed by atoms with Crippen LogP contribution in [0.1, 0.15) is 33.4 Å². The summed E-state index contributed by atoms with van der Waals surface area (Å²) in [4.78, 5) is 36.2. The smallest absolute Gasteiger partial charge is 0.291 e. The molecule has 2 aromatic carbocycles. The molecule has 148 valence electrons. The van der Waals surface area contributed by atoms with Crippen LogP contribution in [-0.4, -0.2) is 24.7 Å². The van der Waals surface area contributed by atoms with Gasteiger partial charge in [0.15, 0.2) is 11.5 Å². The lowest BCUT2D eigenvalue weighted by molar-refractivity contribution is -0.115. The third kappa shape index (κ3) is 5.10. The molecule has 0 bridgehead atoms. The Morgan fingerprint density at radius 1 is 0.966 bits per heavy atom. The van der Waals surface area contributed by atoms with Crippen LogP contribution in [0, 0.1) is 0 Å². The van der Waals surface area contributed by atoms with Gasteiger partial charge in [-0.25, -0.2) is 0 Å². The number of hydrogen-bond acceptors (Lipinski definition) is 5. The van der Waals surface area contributed by atoms with E-state index in [0.29, 0.717) is 28.3 Å². The number of nitrogens with one attached hydrogen (secondary N) is 2. The zero-order chi connectivity index (χ0) is 20.8. The molecule has 0 aliphatic rings. The third-order valence-electron chi connectivity index (χ3n) is 4.19. The van der Waals surface area contributed by atoms with Gasteiger partial charge in [0.2, 0.25) is 5.91 Å². The summed E-state index contributed by atoms with van der Waals surface area (Å²) in [5.74, 6) is -0.0291. The molecule has 0 saturated heterocycles. The van der Waals surface area contributed by atoms with E-state index in [2.05, 4.69) is 10.6 Å². The lowest BCUT2D eigenvalue weighted by atomic mass is 10.0. The van der Waals surface area contributed by atoms with E-state index in [1.165, 1.54) is 20.3 Å². The van der Waals surface area contributed by atoms with E-state index in [1.807, 2.05) is 0 Å². The molecule has 7 nitrogen and oxygen atoms in total. The van der Waals surface area contributed by atoms with Gasteiger partial charge in [-0.1, -0.05) is 6.07 Å². The predicted molar refractivity (Wildman–Crippen MR) is 108 cm³/mol. The fourth-order valence-electron chi connectivity index (χ4n) is 2.79. The molecule has 29 heavy (non-hydrogen) atoms. The molecule has 2 N–H and O–H groups in total. The largest absolute Gasteiger partial charge is 0.496 e. The highest BCUT2D eigenvalue weighted by Gasteiger charge is 2.13. The van der Waals surface area contributed by atoms with Crippen LogP contribution < -0.4 is 15.4 Å². The minimum atomic E-state index is -0.385. The van der Waals surface area contributed by atoms with Crippen molar-refractivity contribution in [2.75, 3.05) is 17.7 Å². The summed E-state index contributed by atoms with van der Waals surface area (Å²) < 4.78 is 10.3. The van der Waals surface area contributed by atoms with E-state index in [0.717, 1.165) is 0 Å². The molecule has 3 rings (SSSR count). The average Bonchev–Trinajstić information content (AvgIpc) is 3.23. The Balaban J connectivity index is 1.69. The molecular weight excluding hydrogens is 372 g/mol. The highest BCUT2D eigenvalue weighted by Crippen LogP contribution is 2.22. The van der Waals surface area contributed by atoms with Crippen LogP contribution >= 0.6 is 0 Å². The third-order valence-corrected chi connectivity index (χ3v) is 4.19. The average molecular weight is 392 g/mol. The maximum Gasteiger partial charge on any atom is 0.291 e. The molecule has 0 atom stereocenters. The number of rotatable bonds is 7. The maximum absolute atomic E-state index is 12.5. The Hall–Kier alpha value is -3.87. The first-order valence-corrected chi connectivity index (χ1v) is 8.89. The van der Waals surface area contributed by atoms with Crippen LogP contribution in [0.3, 0.4) is 0 Å². The molecule has 0 aliphatic heterocycles. The zero-order valence-corrected chi connectivity index (χ0v) is 16.0. The number of ether oxygens (including phenoxy) is 1. The van der Waals surface area contributed by atoms with Crippen LogP contribution in [0.25, 0.3) is 0 Å². The van der Waals surface area contributed by atoms with Gasteiger partial charge < -0.3 is 19.8 Å². The molecule has 0 saturated carbocycles. The second kappa shape index (κ2) is 8.88. The molecule has 1 aromatic heterocycles. The van der Waals surface area contributed by atoms with Gasteiger partial charge in [-0.15, -0.1) is 0 Å². The Morgan fingerprint density at radius 2 is 1.72 bits per heavy atom.